The number of benzene rings is 1. The Bertz CT molecular complexity index is 472. The number of rotatable bonds is 6. The first kappa shape index (κ1) is 14.7. The summed E-state index contributed by atoms with van der Waals surface area (Å²) < 4.78 is 10.6. The summed E-state index contributed by atoms with van der Waals surface area (Å²) in [7, 11) is 3.14. The summed E-state index contributed by atoms with van der Waals surface area (Å²) in [6, 6.07) is 3.72. The molecule has 110 valence electrons. The molecule has 0 heterocycles. The van der Waals surface area contributed by atoms with Crippen LogP contribution in [-0.4, -0.2) is 49.3 Å². The summed E-state index contributed by atoms with van der Waals surface area (Å²) in [4.78, 5) is 14.3. The molecule has 0 unspecified atom stereocenters. The van der Waals surface area contributed by atoms with Gasteiger partial charge in [-0.2, -0.15) is 0 Å². The van der Waals surface area contributed by atoms with Crippen LogP contribution in [0.25, 0.3) is 0 Å². The van der Waals surface area contributed by atoms with Gasteiger partial charge in [0, 0.05) is 23.7 Å². The number of hydrogen-bond acceptors (Lipinski definition) is 4. The Labute approximate surface area is 119 Å². The van der Waals surface area contributed by atoms with Crippen molar-refractivity contribution in [2.45, 2.75) is 25.8 Å². The zero-order valence-corrected chi connectivity index (χ0v) is 12.2. The summed E-state index contributed by atoms with van der Waals surface area (Å²) in [5.41, 5.74) is 1.40. The molecule has 5 nitrogen and oxygen atoms in total. The first-order valence-electron chi connectivity index (χ1n) is 6.76. The van der Waals surface area contributed by atoms with Crippen LogP contribution >= 0.6 is 0 Å². The number of carbonyl (C=O) groups excluding carboxylic acids is 1. The number of ether oxygens (including phenoxy) is 2. The van der Waals surface area contributed by atoms with Gasteiger partial charge in [0.2, 0.25) is 0 Å². The summed E-state index contributed by atoms with van der Waals surface area (Å²) >= 11 is 0. The van der Waals surface area contributed by atoms with E-state index in [0.717, 1.165) is 18.4 Å². The SMILES string of the molecule is COc1cc(C(=O)N(CCO)C2CC2)cc(OC)c1C. The number of hydrogen-bond donors (Lipinski definition) is 1. The second-order valence-electron chi connectivity index (χ2n) is 4.96. The van der Waals surface area contributed by atoms with Crippen LogP contribution in [-0.2, 0) is 0 Å². The second-order valence-corrected chi connectivity index (χ2v) is 4.96. The van der Waals surface area contributed by atoms with Gasteiger partial charge in [0.05, 0.1) is 20.8 Å². The van der Waals surface area contributed by atoms with Crippen molar-refractivity contribution in [1.82, 2.24) is 4.90 Å². The van der Waals surface area contributed by atoms with Gasteiger partial charge < -0.3 is 19.5 Å². The standard InChI is InChI=1S/C15H21NO4/c1-10-13(19-2)8-11(9-14(10)20-3)15(18)16(6-7-17)12-4-5-12/h8-9,12,17H,4-7H2,1-3H3. The number of aliphatic hydroxyl groups excluding tert-OH is 1. The predicted octanol–water partition coefficient (Wildman–Crippen LogP) is 1.61. The van der Waals surface area contributed by atoms with E-state index in [1.807, 2.05) is 6.92 Å². The van der Waals surface area contributed by atoms with E-state index in [-0.39, 0.29) is 18.6 Å². The van der Waals surface area contributed by atoms with E-state index in [0.29, 0.717) is 23.6 Å². The molecule has 5 heteroatoms. The van der Waals surface area contributed by atoms with E-state index in [1.165, 1.54) is 0 Å². The lowest BCUT2D eigenvalue weighted by Gasteiger charge is -2.22. The molecule has 1 fully saturated rings. The zero-order chi connectivity index (χ0) is 14.7. The molecule has 0 radical (unpaired) electrons. The molecule has 1 amide bonds. The van der Waals surface area contributed by atoms with E-state index in [9.17, 15) is 4.79 Å². The Kier molecular flexibility index (Phi) is 4.49. The molecule has 0 aromatic heterocycles. The molecule has 0 bridgehead atoms. The fraction of sp³-hybridized carbons (Fsp3) is 0.533. The lowest BCUT2D eigenvalue weighted by molar-refractivity contribution is 0.0707. The van der Waals surface area contributed by atoms with Gasteiger partial charge in [-0.05, 0) is 31.9 Å². The Morgan fingerprint density at radius 2 is 1.85 bits per heavy atom. The Morgan fingerprint density at radius 3 is 2.25 bits per heavy atom. The van der Waals surface area contributed by atoms with Gasteiger partial charge in [-0.3, -0.25) is 4.79 Å². The number of nitrogens with zero attached hydrogens (tertiary/aromatic N) is 1. The van der Waals surface area contributed by atoms with Crippen molar-refractivity contribution in [2.24, 2.45) is 0 Å². The number of amides is 1. The monoisotopic (exact) mass is 279 g/mol. The van der Waals surface area contributed by atoms with Crippen molar-refractivity contribution >= 4 is 5.91 Å². The van der Waals surface area contributed by atoms with Crippen LogP contribution in [0.4, 0.5) is 0 Å². The third-order valence-corrected chi connectivity index (χ3v) is 3.59. The van der Waals surface area contributed by atoms with Crippen molar-refractivity contribution in [2.75, 3.05) is 27.4 Å². The zero-order valence-electron chi connectivity index (χ0n) is 12.2. The van der Waals surface area contributed by atoms with Crippen LogP contribution in [0.3, 0.4) is 0 Å². The fourth-order valence-electron chi connectivity index (χ4n) is 2.32. The van der Waals surface area contributed by atoms with Gasteiger partial charge in [0.25, 0.3) is 5.91 Å². The minimum atomic E-state index is -0.0850. The van der Waals surface area contributed by atoms with Crippen molar-refractivity contribution in [3.05, 3.63) is 23.3 Å². The minimum absolute atomic E-state index is 0.0254. The number of carbonyl (C=O) groups is 1. The molecule has 1 aliphatic carbocycles. The minimum Gasteiger partial charge on any atom is -0.496 e. The maximum Gasteiger partial charge on any atom is 0.254 e. The highest BCUT2D eigenvalue weighted by Crippen LogP contribution is 2.32. The van der Waals surface area contributed by atoms with Crippen molar-refractivity contribution in [1.29, 1.82) is 0 Å². The molecule has 1 aromatic carbocycles. The van der Waals surface area contributed by atoms with Gasteiger partial charge in [0.1, 0.15) is 11.5 Å². The highest BCUT2D eigenvalue weighted by atomic mass is 16.5. The third-order valence-electron chi connectivity index (χ3n) is 3.59. The van der Waals surface area contributed by atoms with E-state index in [2.05, 4.69) is 0 Å². The number of methoxy groups -OCH3 is 2. The summed E-state index contributed by atoms with van der Waals surface area (Å²) in [5.74, 6) is 1.18. The van der Waals surface area contributed by atoms with Gasteiger partial charge in [-0.1, -0.05) is 0 Å². The molecule has 1 aliphatic rings. The molecule has 0 aliphatic heterocycles. The highest BCUT2D eigenvalue weighted by Gasteiger charge is 2.33. The van der Waals surface area contributed by atoms with Gasteiger partial charge in [-0.25, -0.2) is 0 Å². The molecular formula is C15H21NO4. The molecule has 20 heavy (non-hydrogen) atoms. The maximum absolute atomic E-state index is 12.6. The maximum atomic E-state index is 12.6. The van der Waals surface area contributed by atoms with E-state index >= 15 is 0 Å². The normalized spacial score (nSPS) is 14.0. The van der Waals surface area contributed by atoms with Crippen molar-refractivity contribution in [3.8, 4) is 11.5 Å². The second kappa shape index (κ2) is 6.13. The van der Waals surface area contributed by atoms with E-state index in [1.54, 1.807) is 31.3 Å². The molecule has 2 rings (SSSR count). The fourth-order valence-corrected chi connectivity index (χ4v) is 2.32. The lowest BCUT2D eigenvalue weighted by Crippen LogP contribution is -2.35. The Balaban J connectivity index is 2.32. The molecular weight excluding hydrogens is 258 g/mol. The largest absolute Gasteiger partial charge is 0.496 e. The Morgan fingerprint density at radius 1 is 1.30 bits per heavy atom. The van der Waals surface area contributed by atoms with Gasteiger partial charge in [-0.15, -0.1) is 0 Å². The van der Waals surface area contributed by atoms with Gasteiger partial charge >= 0.3 is 0 Å². The van der Waals surface area contributed by atoms with Crippen LogP contribution in [0.2, 0.25) is 0 Å². The smallest absolute Gasteiger partial charge is 0.254 e. The molecule has 1 aromatic rings. The summed E-state index contributed by atoms with van der Waals surface area (Å²) in [6.07, 6.45) is 2.01. The average molecular weight is 279 g/mol. The van der Waals surface area contributed by atoms with Crippen LogP contribution in [0, 0.1) is 6.92 Å². The summed E-state index contributed by atoms with van der Waals surface area (Å²) in [6.45, 7) is 2.22. The lowest BCUT2D eigenvalue weighted by atomic mass is 10.1. The highest BCUT2D eigenvalue weighted by molar-refractivity contribution is 5.95. The summed E-state index contributed by atoms with van der Waals surface area (Å²) in [5, 5.41) is 9.11. The van der Waals surface area contributed by atoms with Gasteiger partial charge in [0.15, 0.2) is 0 Å². The first-order valence-corrected chi connectivity index (χ1v) is 6.76. The quantitative estimate of drug-likeness (QED) is 0.859. The molecule has 1 saturated carbocycles. The predicted molar refractivity (Wildman–Crippen MR) is 75.4 cm³/mol. The first-order chi connectivity index (χ1) is 9.62. The van der Waals surface area contributed by atoms with Crippen LogP contribution in [0.15, 0.2) is 12.1 Å². The Hall–Kier alpha value is -1.75. The average Bonchev–Trinajstić information content (AvgIpc) is 3.28. The van der Waals surface area contributed by atoms with E-state index in [4.69, 9.17) is 14.6 Å². The molecule has 0 spiro atoms. The van der Waals surface area contributed by atoms with Crippen LogP contribution in [0.5, 0.6) is 11.5 Å². The topological polar surface area (TPSA) is 59.0 Å². The van der Waals surface area contributed by atoms with Crippen molar-refractivity contribution < 1.29 is 19.4 Å². The third kappa shape index (κ3) is 2.88. The van der Waals surface area contributed by atoms with E-state index < -0.39 is 0 Å². The molecule has 0 atom stereocenters. The van der Waals surface area contributed by atoms with Crippen LogP contribution in [0.1, 0.15) is 28.8 Å². The number of aliphatic hydroxyl groups is 1. The molecule has 1 N–H and O–H groups in total. The van der Waals surface area contributed by atoms with Crippen LogP contribution < -0.4 is 9.47 Å². The van der Waals surface area contributed by atoms with Crippen molar-refractivity contribution in [3.63, 3.8) is 0 Å². The molecule has 0 saturated heterocycles.